The van der Waals surface area contributed by atoms with Crippen molar-refractivity contribution in [2.75, 3.05) is 26.8 Å². The van der Waals surface area contributed by atoms with E-state index in [0.29, 0.717) is 0 Å². The quantitative estimate of drug-likeness (QED) is 0.742. The van der Waals surface area contributed by atoms with E-state index in [-0.39, 0.29) is 12.4 Å². The van der Waals surface area contributed by atoms with Gasteiger partial charge in [0.2, 0.25) is 0 Å². The molecule has 90 valence electrons. The van der Waals surface area contributed by atoms with Crippen LogP contribution in [0, 0.1) is 0 Å². The first-order chi connectivity index (χ1) is 7.43. The van der Waals surface area contributed by atoms with Gasteiger partial charge in [0.25, 0.3) is 0 Å². The average molecular weight is 242 g/mol. The van der Waals surface area contributed by atoms with Crippen LogP contribution < -0.4 is 5.32 Å². The summed E-state index contributed by atoms with van der Waals surface area (Å²) in [6.07, 6.45) is 5.33. The molecule has 0 radical (unpaired) electrons. The van der Waals surface area contributed by atoms with E-state index in [4.69, 9.17) is 4.74 Å². The summed E-state index contributed by atoms with van der Waals surface area (Å²) in [5.41, 5.74) is 1.25. The Bertz CT molecular complexity index is 275. The van der Waals surface area contributed by atoms with E-state index < -0.39 is 0 Å². The van der Waals surface area contributed by atoms with E-state index in [1.807, 2.05) is 18.2 Å². The molecular weight excluding hydrogens is 222 g/mol. The van der Waals surface area contributed by atoms with Crippen LogP contribution in [0.4, 0.5) is 0 Å². The van der Waals surface area contributed by atoms with Crippen molar-refractivity contribution in [2.24, 2.45) is 0 Å². The second-order valence-electron chi connectivity index (χ2n) is 3.36. The van der Waals surface area contributed by atoms with E-state index in [1.165, 1.54) is 5.56 Å². The molecule has 0 heterocycles. The molecule has 3 heteroatoms. The molecule has 1 aromatic carbocycles. The Morgan fingerprint density at radius 3 is 2.69 bits per heavy atom. The number of hydrogen-bond acceptors (Lipinski definition) is 2. The molecule has 2 nitrogen and oxygen atoms in total. The summed E-state index contributed by atoms with van der Waals surface area (Å²) in [4.78, 5) is 0. The van der Waals surface area contributed by atoms with Gasteiger partial charge in [-0.3, -0.25) is 0 Å². The summed E-state index contributed by atoms with van der Waals surface area (Å²) in [5, 5.41) is 3.32. The standard InChI is InChI=1S/C13H19NO.ClH/c1-15-12-6-11-14-10-5-9-13-7-3-2-4-8-13;/h2-5,7-9,14H,6,10-12H2,1H3;1H/b9-5+;. The maximum absolute atomic E-state index is 4.96. The van der Waals surface area contributed by atoms with Crippen LogP contribution in [0.5, 0.6) is 0 Å². The van der Waals surface area contributed by atoms with Crippen molar-refractivity contribution < 1.29 is 4.74 Å². The Balaban J connectivity index is 0.00000225. The molecule has 0 aliphatic heterocycles. The zero-order valence-corrected chi connectivity index (χ0v) is 10.5. The average Bonchev–Trinajstić information content (AvgIpc) is 2.29. The van der Waals surface area contributed by atoms with Crippen molar-refractivity contribution in [3.8, 4) is 0 Å². The van der Waals surface area contributed by atoms with Crippen LogP contribution in [0.3, 0.4) is 0 Å². The van der Waals surface area contributed by atoms with Crippen LogP contribution in [-0.4, -0.2) is 26.8 Å². The molecule has 0 bridgehead atoms. The Hall–Kier alpha value is -0.830. The summed E-state index contributed by atoms with van der Waals surface area (Å²) in [6.45, 7) is 2.75. The molecule has 16 heavy (non-hydrogen) atoms. The van der Waals surface area contributed by atoms with Gasteiger partial charge in [-0.1, -0.05) is 42.5 Å². The van der Waals surface area contributed by atoms with Gasteiger partial charge in [0.1, 0.15) is 0 Å². The van der Waals surface area contributed by atoms with Gasteiger partial charge in [-0.25, -0.2) is 0 Å². The Morgan fingerprint density at radius 2 is 2.00 bits per heavy atom. The smallest absolute Gasteiger partial charge is 0.0474 e. The van der Waals surface area contributed by atoms with E-state index in [1.54, 1.807) is 7.11 Å². The summed E-state index contributed by atoms with van der Waals surface area (Å²) >= 11 is 0. The third kappa shape index (κ3) is 7.46. The van der Waals surface area contributed by atoms with Crippen molar-refractivity contribution in [2.45, 2.75) is 6.42 Å². The first kappa shape index (κ1) is 15.2. The van der Waals surface area contributed by atoms with Gasteiger partial charge in [-0.15, -0.1) is 12.4 Å². The molecule has 1 aromatic rings. The Labute approximate surface area is 104 Å². The van der Waals surface area contributed by atoms with E-state index in [2.05, 4.69) is 29.6 Å². The van der Waals surface area contributed by atoms with E-state index in [0.717, 1.165) is 26.1 Å². The highest BCUT2D eigenvalue weighted by Crippen LogP contribution is 1.99. The number of hydrogen-bond donors (Lipinski definition) is 1. The number of methoxy groups -OCH3 is 1. The van der Waals surface area contributed by atoms with Crippen LogP contribution in [-0.2, 0) is 4.74 Å². The highest BCUT2D eigenvalue weighted by Gasteiger charge is 1.85. The van der Waals surface area contributed by atoms with Crippen molar-refractivity contribution in [1.29, 1.82) is 0 Å². The third-order valence-corrected chi connectivity index (χ3v) is 2.07. The minimum atomic E-state index is 0. The molecule has 0 amide bonds. The first-order valence-corrected chi connectivity index (χ1v) is 5.34. The van der Waals surface area contributed by atoms with Crippen LogP contribution >= 0.6 is 12.4 Å². The topological polar surface area (TPSA) is 21.3 Å². The fraction of sp³-hybridized carbons (Fsp3) is 0.385. The second-order valence-corrected chi connectivity index (χ2v) is 3.36. The van der Waals surface area contributed by atoms with Crippen molar-refractivity contribution >= 4 is 18.5 Å². The zero-order valence-electron chi connectivity index (χ0n) is 9.69. The lowest BCUT2D eigenvalue weighted by Gasteiger charge is -2.00. The fourth-order valence-electron chi connectivity index (χ4n) is 1.29. The minimum absolute atomic E-state index is 0. The molecule has 0 saturated carbocycles. The van der Waals surface area contributed by atoms with Crippen LogP contribution in [0.2, 0.25) is 0 Å². The van der Waals surface area contributed by atoms with Gasteiger partial charge >= 0.3 is 0 Å². The molecule has 0 fully saturated rings. The fourth-order valence-corrected chi connectivity index (χ4v) is 1.29. The van der Waals surface area contributed by atoms with Gasteiger partial charge in [0.05, 0.1) is 0 Å². The second kappa shape index (κ2) is 10.7. The molecule has 0 atom stereocenters. The normalized spacial score (nSPS) is 10.3. The number of rotatable bonds is 7. The van der Waals surface area contributed by atoms with Crippen LogP contribution in [0.1, 0.15) is 12.0 Å². The Morgan fingerprint density at radius 1 is 1.25 bits per heavy atom. The van der Waals surface area contributed by atoms with Gasteiger partial charge < -0.3 is 10.1 Å². The highest BCUT2D eigenvalue weighted by molar-refractivity contribution is 5.85. The summed E-state index contributed by atoms with van der Waals surface area (Å²) in [5.74, 6) is 0. The summed E-state index contributed by atoms with van der Waals surface area (Å²) < 4.78 is 4.96. The molecule has 0 aliphatic carbocycles. The lowest BCUT2D eigenvalue weighted by Crippen LogP contribution is -2.16. The molecular formula is C13H20ClNO. The van der Waals surface area contributed by atoms with Gasteiger partial charge in [-0.05, 0) is 18.5 Å². The zero-order chi connectivity index (χ0) is 10.8. The Kier molecular flexibility index (Phi) is 10.1. The van der Waals surface area contributed by atoms with Gasteiger partial charge in [-0.2, -0.15) is 0 Å². The van der Waals surface area contributed by atoms with Crippen molar-refractivity contribution in [3.05, 3.63) is 42.0 Å². The minimum Gasteiger partial charge on any atom is -0.385 e. The lowest BCUT2D eigenvalue weighted by molar-refractivity contribution is 0.194. The monoisotopic (exact) mass is 241 g/mol. The third-order valence-electron chi connectivity index (χ3n) is 2.07. The van der Waals surface area contributed by atoms with Crippen LogP contribution in [0.25, 0.3) is 6.08 Å². The van der Waals surface area contributed by atoms with Crippen molar-refractivity contribution in [1.82, 2.24) is 5.32 Å². The summed E-state index contributed by atoms with van der Waals surface area (Å²) in [6, 6.07) is 10.3. The van der Waals surface area contributed by atoms with Crippen molar-refractivity contribution in [3.63, 3.8) is 0 Å². The first-order valence-electron chi connectivity index (χ1n) is 5.34. The number of benzene rings is 1. The number of nitrogens with one attached hydrogen (secondary N) is 1. The van der Waals surface area contributed by atoms with Crippen LogP contribution in [0.15, 0.2) is 36.4 Å². The SMILES string of the molecule is COCCCNC/C=C/c1ccccc1.Cl. The molecule has 0 unspecified atom stereocenters. The largest absolute Gasteiger partial charge is 0.385 e. The molecule has 0 saturated heterocycles. The lowest BCUT2D eigenvalue weighted by atomic mass is 10.2. The molecule has 0 spiro atoms. The molecule has 0 aromatic heterocycles. The molecule has 1 rings (SSSR count). The number of ether oxygens (including phenoxy) is 1. The van der Waals surface area contributed by atoms with E-state index in [9.17, 15) is 0 Å². The maximum Gasteiger partial charge on any atom is 0.0474 e. The highest BCUT2D eigenvalue weighted by atomic mass is 35.5. The maximum atomic E-state index is 4.96. The number of halogens is 1. The molecule has 0 aliphatic rings. The predicted molar refractivity (Wildman–Crippen MR) is 72.1 cm³/mol. The summed E-state index contributed by atoms with van der Waals surface area (Å²) in [7, 11) is 1.73. The van der Waals surface area contributed by atoms with E-state index >= 15 is 0 Å². The van der Waals surface area contributed by atoms with Gasteiger partial charge in [0, 0.05) is 20.3 Å². The predicted octanol–water partition coefficient (Wildman–Crippen LogP) is 2.75. The molecule has 1 N–H and O–H groups in total. The van der Waals surface area contributed by atoms with Gasteiger partial charge in [0.15, 0.2) is 0 Å².